The highest BCUT2D eigenvalue weighted by atomic mass is 32.2. The van der Waals surface area contributed by atoms with Crippen molar-refractivity contribution in [1.29, 1.82) is 0 Å². The molecule has 2 aromatic carbocycles. The summed E-state index contributed by atoms with van der Waals surface area (Å²) in [6.45, 7) is 3.57. The van der Waals surface area contributed by atoms with Gasteiger partial charge in [0.25, 0.3) is 5.91 Å². The number of amides is 1. The van der Waals surface area contributed by atoms with Crippen LogP contribution in [0.3, 0.4) is 0 Å². The van der Waals surface area contributed by atoms with Crippen molar-refractivity contribution >= 4 is 15.9 Å². The lowest BCUT2D eigenvalue weighted by molar-refractivity contribution is 0.0946. The fourth-order valence-electron chi connectivity index (χ4n) is 3.16. The molecule has 0 unspecified atom stereocenters. The number of hydrogen-bond acceptors (Lipinski definition) is 5. The molecule has 2 aromatic rings. The smallest absolute Gasteiger partial charge is 0.251 e. The van der Waals surface area contributed by atoms with Crippen LogP contribution in [0.25, 0.3) is 0 Å². The molecule has 1 aliphatic rings. The van der Waals surface area contributed by atoms with Crippen molar-refractivity contribution in [3.63, 3.8) is 0 Å². The predicted molar refractivity (Wildman–Crippen MR) is 110 cm³/mol. The van der Waals surface area contributed by atoms with Gasteiger partial charge in [-0.05, 0) is 50.1 Å². The highest BCUT2D eigenvalue weighted by Crippen LogP contribution is 2.29. The van der Waals surface area contributed by atoms with Crippen molar-refractivity contribution in [3.8, 4) is 11.5 Å². The molecule has 1 fully saturated rings. The third-order valence-electron chi connectivity index (χ3n) is 4.79. The number of nitrogens with zero attached hydrogens (tertiary/aromatic N) is 1. The number of hydrogen-bond donors (Lipinski definition) is 1. The quantitative estimate of drug-likeness (QED) is 0.666. The summed E-state index contributed by atoms with van der Waals surface area (Å²) in [5.74, 6) is 0.600. The SMILES string of the molecule is COc1ccc(C(=O)NCCOc2ccc(C)cc2)cc1S(=O)(=O)N1CCCC1. The molecule has 1 aliphatic heterocycles. The molecule has 1 saturated heterocycles. The number of nitrogens with one attached hydrogen (secondary N) is 1. The number of aryl methyl sites for hydroxylation is 1. The molecule has 0 aliphatic carbocycles. The molecule has 0 spiro atoms. The minimum atomic E-state index is -3.70. The Morgan fingerprint density at radius 3 is 2.45 bits per heavy atom. The first-order valence-corrected chi connectivity index (χ1v) is 11.0. The Morgan fingerprint density at radius 2 is 1.79 bits per heavy atom. The van der Waals surface area contributed by atoms with Crippen LogP contribution >= 0.6 is 0 Å². The lowest BCUT2D eigenvalue weighted by Gasteiger charge is -2.18. The molecule has 29 heavy (non-hydrogen) atoms. The van der Waals surface area contributed by atoms with Crippen molar-refractivity contribution in [2.75, 3.05) is 33.4 Å². The van der Waals surface area contributed by atoms with E-state index in [4.69, 9.17) is 9.47 Å². The third kappa shape index (κ3) is 5.07. The minimum absolute atomic E-state index is 0.0189. The van der Waals surface area contributed by atoms with Crippen molar-refractivity contribution in [3.05, 3.63) is 53.6 Å². The van der Waals surface area contributed by atoms with Crippen LogP contribution in [0.2, 0.25) is 0 Å². The Morgan fingerprint density at radius 1 is 1.10 bits per heavy atom. The van der Waals surface area contributed by atoms with Crippen LogP contribution in [0.5, 0.6) is 11.5 Å². The van der Waals surface area contributed by atoms with Crippen LogP contribution in [-0.4, -0.2) is 52.0 Å². The summed E-state index contributed by atoms with van der Waals surface area (Å²) >= 11 is 0. The summed E-state index contributed by atoms with van der Waals surface area (Å²) in [4.78, 5) is 12.5. The van der Waals surface area contributed by atoms with Gasteiger partial charge in [-0.2, -0.15) is 4.31 Å². The van der Waals surface area contributed by atoms with Gasteiger partial charge in [0.15, 0.2) is 0 Å². The summed E-state index contributed by atoms with van der Waals surface area (Å²) in [5, 5.41) is 2.75. The standard InChI is InChI=1S/C21H26N2O5S/c1-16-5-8-18(9-6-16)28-14-11-22-21(24)17-7-10-19(27-2)20(15-17)29(25,26)23-12-3-4-13-23/h5-10,15H,3-4,11-14H2,1-2H3,(H,22,24). The summed E-state index contributed by atoms with van der Waals surface area (Å²) in [7, 11) is -2.28. The van der Waals surface area contributed by atoms with E-state index < -0.39 is 10.0 Å². The summed E-state index contributed by atoms with van der Waals surface area (Å²) in [6, 6.07) is 12.1. The topological polar surface area (TPSA) is 84.9 Å². The second-order valence-corrected chi connectivity index (χ2v) is 8.80. The first kappa shape index (κ1) is 21.1. The van der Waals surface area contributed by atoms with E-state index in [0.29, 0.717) is 26.2 Å². The second kappa shape index (κ2) is 9.28. The van der Waals surface area contributed by atoms with E-state index in [0.717, 1.165) is 24.2 Å². The van der Waals surface area contributed by atoms with Gasteiger partial charge in [-0.25, -0.2) is 8.42 Å². The summed E-state index contributed by atoms with van der Waals surface area (Å²) in [5.41, 5.74) is 1.41. The lowest BCUT2D eigenvalue weighted by Crippen LogP contribution is -2.30. The molecule has 1 N–H and O–H groups in total. The Balaban J connectivity index is 1.65. The zero-order chi connectivity index (χ0) is 20.9. The molecule has 7 nitrogen and oxygen atoms in total. The lowest BCUT2D eigenvalue weighted by atomic mass is 10.2. The van der Waals surface area contributed by atoms with Crippen molar-refractivity contribution in [1.82, 2.24) is 9.62 Å². The first-order chi connectivity index (χ1) is 13.9. The third-order valence-corrected chi connectivity index (χ3v) is 6.71. The summed E-state index contributed by atoms with van der Waals surface area (Å²) < 4.78 is 38.1. The number of sulfonamides is 1. The highest BCUT2D eigenvalue weighted by Gasteiger charge is 2.30. The molecule has 1 heterocycles. The average molecular weight is 419 g/mol. The molecule has 3 rings (SSSR count). The fraction of sp³-hybridized carbons (Fsp3) is 0.381. The Hall–Kier alpha value is -2.58. The number of carbonyl (C=O) groups is 1. The van der Waals surface area contributed by atoms with E-state index in [2.05, 4.69) is 5.32 Å². The normalized spacial score (nSPS) is 14.6. The number of benzene rings is 2. The minimum Gasteiger partial charge on any atom is -0.495 e. The van der Waals surface area contributed by atoms with Crippen LogP contribution in [0.15, 0.2) is 47.4 Å². The molecule has 0 bridgehead atoms. The van der Waals surface area contributed by atoms with E-state index in [1.54, 1.807) is 6.07 Å². The van der Waals surface area contributed by atoms with Crippen LogP contribution in [0.1, 0.15) is 28.8 Å². The predicted octanol–water partition coefficient (Wildman–Crippen LogP) is 2.60. The number of methoxy groups -OCH3 is 1. The molecule has 0 radical (unpaired) electrons. The maximum Gasteiger partial charge on any atom is 0.251 e. The maximum atomic E-state index is 12.9. The molecular weight excluding hydrogens is 392 g/mol. The monoisotopic (exact) mass is 418 g/mol. The van der Waals surface area contributed by atoms with Crippen molar-refractivity contribution in [2.24, 2.45) is 0 Å². The van der Waals surface area contributed by atoms with Gasteiger partial charge in [0, 0.05) is 18.7 Å². The first-order valence-electron chi connectivity index (χ1n) is 9.57. The molecule has 0 saturated carbocycles. The number of ether oxygens (including phenoxy) is 2. The van der Waals surface area contributed by atoms with E-state index in [1.165, 1.54) is 23.5 Å². The number of rotatable bonds is 8. The van der Waals surface area contributed by atoms with Crippen molar-refractivity contribution < 1.29 is 22.7 Å². The van der Waals surface area contributed by atoms with Gasteiger partial charge in [0.05, 0.1) is 13.7 Å². The molecule has 156 valence electrons. The van der Waals surface area contributed by atoms with Crippen molar-refractivity contribution in [2.45, 2.75) is 24.7 Å². The fourth-order valence-corrected chi connectivity index (χ4v) is 4.86. The Labute approximate surface area is 171 Å². The van der Waals surface area contributed by atoms with E-state index in [-0.39, 0.29) is 22.1 Å². The molecule has 1 amide bonds. The maximum absolute atomic E-state index is 12.9. The van der Waals surface area contributed by atoms with E-state index in [1.807, 2.05) is 31.2 Å². The zero-order valence-electron chi connectivity index (χ0n) is 16.7. The molecule has 0 aromatic heterocycles. The van der Waals surface area contributed by atoms with Gasteiger partial charge < -0.3 is 14.8 Å². The average Bonchev–Trinajstić information content (AvgIpc) is 3.27. The second-order valence-electron chi connectivity index (χ2n) is 6.89. The van der Waals surface area contributed by atoms with E-state index in [9.17, 15) is 13.2 Å². The zero-order valence-corrected chi connectivity index (χ0v) is 17.5. The van der Waals surface area contributed by atoms with Gasteiger partial charge in [0.2, 0.25) is 10.0 Å². The van der Waals surface area contributed by atoms with Gasteiger partial charge >= 0.3 is 0 Å². The molecule has 8 heteroatoms. The Bertz CT molecular complexity index is 952. The number of carbonyl (C=O) groups excluding carboxylic acids is 1. The van der Waals surface area contributed by atoms with Gasteiger partial charge in [0.1, 0.15) is 23.0 Å². The van der Waals surface area contributed by atoms with Gasteiger partial charge in [-0.3, -0.25) is 4.79 Å². The van der Waals surface area contributed by atoms with Gasteiger partial charge in [-0.15, -0.1) is 0 Å². The Kier molecular flexibility index (Phi) is 6.76. The van der Waals surface area contributed by atoms with Crippen LogP contribution < -0.4 is 14.8 Å². The summed E-state index contributed by atoms with van der Waals surface area (Å²) in [6.07, 6.45) is 1.67. The molecule has 0 atom stereocenters. The van der Waals surface area contributed by atoms with Crippen LogP contribution in [-0.2, 0) is 10.0 Å². The van der Waals surface area contributed by atoms with Crippen LogP contribution in [0.4, 0.5) is 0 Å². The van der Waals surface area contributed by atoms with Gasteiger partial charge in [-0.1, -0.05) is 17.7 Å². The van der Waals surface area contributed by atoms with E-state index >= 15 is 0 Å². The largest absolute Gasteiger partial charge is 0.495 e. The molecular formula is C21H26N2O5S. The highest BCUT2D eigenvalue weighted by molar-refractivity contribution is 7.89. The van der Waals surface area contributed by atoms with Crippen LogP contribution in [0, 0.1) is 6.92 Å².